The van der Waals surface area contributed by atoms with Gasteiger partial charge in [0.2, 0.25) is 0 Å². The van der Waals surface area contributed by atoms with Crippen molar-refractivity contribution in [3.63, 3.8) is 0 Å². The van der Waals surface area contributed by atoms with E-state index in [2.05, 4.69) is 20.8 Å². The second-order valence-electron chi connectivity index (χ2n) is 5.58. The van der Waals surface area contributed by atoms with Gasteiger partial charge in [-0.1, -0.05) is 18.2 Å². The van der Waals surface area contributed by atoms with Crippen LogP contribution in [0.15, 0.2) is 5.16 Å². The van der Waals surface area contributed by atoms with Gasteiger partial charge < -0.3 is 10.3 Å². The van der Waals surface area contributed by atoms with Crippen LogP contribution in [-0.4, -0.2) is 26.1 Å². The number of nitrogens with two attached hydrogens (primary N) is 1. The summed E-state index contributed by atoms with van der Waals surface area (Å²) in [6, 6.07) is 2.29. The first-order chi connectivity index (χ1) is 9.23. The van der Waals surface area contributed by atoms with Crippen molar-refractivity contribution in [1.82, 2.24) is 14.8 Å². The summed E-state index contributed by atoms with van der Waals surface area (Å²) in [5.41, 5.74) is 5.49. The molecule has 1 aromatic heterocycles. The van der Waals surface area contributed by atoms with Gasteiger partial charge in [-0.15, -0.1) is 10.2 Å². The van der Waals surface area contributed by atoms with E-state index in [1.807, 2.05) is 0 Å². The zero-order chi connectivity index (χ0) is 13.3. The van der Waals surface area contributed by atoms with E-state index >= 15 is 0 Å². The van der Waals surface area contributed by atoms with Crippen molar-refractivity contribution in [3.05, 3.63) is 5.82 Å². The first kappa shape index (κ1) is 12.9. The Morgan fingerprint density at radius 1 is 1.37 bits per heavy atom. The predicted molar refractivity (Wildman–Crippen MR) is 73.6 cm³/mol. The van der Waals surface area contributed by atoms with E-state index in [-0.39, 0.29) is 0 Å². The maximum absolute atomic E-state index is 9.28. The lowest BCUT2D eigenvalue weighted by Crippen LogP contribution is -2.43. The maximum Gasteiger partial charge on any atom is 0.191 e. The monoisotopic (exact) mass is 277 g/mol. The van der Waals surface area contributed by atoms with Crippen LogP contribution in [0, 0.1) is 17.2 Å². The Kier molecular flexibility index (Phi) is 3.50. The molecular formula is C13H19N5S. The molecule has 0 amide bonds. The van der Waals surface area contributed by atoms with Gasteiger partial charge in [0, 0.05) is 18.7 Å². The third-order valence-corrected chi connectivity index (χ3v) is 5.21. The molecule has 1 aliphatic carbocycles. The van der Waals surface area contributed by atoms with Crippen LogP contribution in [0.5, 0.6) is 0 Å². The van der Waals surface area contributed by atoms with E-state index < -0.39 is 5.54 Å². The van der Waals surface area contributed by atoms with Crippen LogP contribution in [0.4, 0.5) is 0 Å². The van der Waals surface area contributed by atoms with Crippen LogP contribution in [0.2, 0.25) is 0 Å². The minimum absolute atomic E-state index is 0.372. The van der Waals surface area contributed by atoms with Gasteiger partial charge in [-0.2, -0.15) is 5.26 Å². The molecule has 102 valence electrons. The molecular weight excluding hydrogens is 258 g/mol. The Hall–Kier alpha value is -1.06. The first-order valence-corrected chi connectivity index (χ1v) is 7.96. The highest BCUT2D eigenvalue weighted by Crippen LogP contribution is 2.40. The largest absolute Gasteiger partial charge is 0.312 e. The van der Waals surface area contributed by atoms with Crippen molar-refractivity contribution in [2.75, 3.05) is 5.75 Å². The molecule has 1 aromatic rings. The number of aryl methyl sites for hydroxylation is 1. The van der Waals surface area contributed by atoms with Crippen molar-refractivity contribution in [2.45, 2.75) is 55.8 Å². The fourth-order valence-corrected chi connectivity index (χ4v) is 3.71. The van der Waals surface area contributed by atoms with Gasteiger partial charge in [0.15, 0.2) is 5.16 Å². The number of nitriles is 1. The average molecular weight is 277 g/mol. The standard InChI is InChI=1S/C13H19N5S/c14-8-13(15,10-5-6-10)9-19-12-17-16-11-4-2-1-3-7-18(11)12/h10H,1-7,9,15H2. The van der Waals surface area contributed by atoms with Crippen molar-refractivity contribution < 1.29 is 0 Å². The highest BCUT2D eigenvalue weighted by Gasteiger charge is 2.43. The summed E-state index contributed by atoms with van der Waals surface area (Å²) in [6.07, 6.45) is 6.83. The molecule has 0 aromatic carbocycles. The van der Waals surface area contributed by atoms with Crippen molar-refractivity contribution >= 4 is 11.8 Å². The number of rotatable bonds is 4. The van der Waals surface area contributed by atoms with Gasteiger partial charge in [0.1, 0.15) is 11.4 Å². The summed E-state index contributed by atoms with van der Waals surface area (Å²) in [6.45, 7) is 0.998. The normalized spacial score (nSPS) is 22.1. The minimum Gasteiger partial charge on any atom is -0.312 e. The van der Waals surface area contributed by atoms with Crippen molar-refractivity contribution in [2.24, 2.45) is 11.7 Å². The molecule has 0 bridgehead atoms. The Bertz CT molecular complexity index is 502. The molecule has 5 nitrogen and oxygen atoms in total. The SMILES string of the molecule is N#CC(N)(CSc1nnc2n1CCCCC2)C1CC1. The summed E-state index contributed by atoms with van der Waals surface area (Å²) in [7, 11) is 0. The lowest BCUT2D eigenvalue weighted by Gasteiger charge is -2.20. The zero-order valence-electron chi connectivity index (χ0n) is 11.0. The van der Waals surface area contributed by atoms with Crippen LogP contribution in [0.3, 0.4) is 0 Å². The maximum atomic E-state index is 9.28. The Labute approximate surface area is 117 Å². The van der Waals surface area contributed by atoms with Gasteiger partial charge in [0.25, 0.3) is 0 Å². The molecule has 0 saturated heterocycles. The van der Waals surface area contributed by atoms with Crippen LogP contribution < -0.4 is 5.73 Å². The Morgan fingerprint density at radius 3 is 2.95 bits per heavy atom. The molecule has 1 saturated carbocycles. The molecule has 1 aliphatic heterocycles. The number of thioether (sulfide) groups is 1. The Balaban J connectivity index is 1.70. The fourth-order valence-electron chi connectivity index (χ4n) is 2.59. The fraction of sp³-hybridized carbons (Fsp3) is 0.769. The number of hydrogen-bond acceptors (Lipinski definition) is 5. The molecule has 0 spiro atoms. The second-order valence-corrected chi connectivity index (χ2v) is 6.52. The molecule has 1 unspecified atom stereocenters. The summed E-state index contributed by atoms with van der Waals surface area (Å²) >= 11 is 1.59. The average Bonchev–Trinajstić information content (AvgIpc) is 3.23. The van der Waals surface area contributed by atoms with Crippen LogP contribution in [-0.2, 0) is 13.0 Å². The summed E-state index contributed by atoms with van der Waals surface area (Å²) in [5.74, 6) is 2.08. The summed E-state index contributed by atoms with van der Waals surface area (Å²) in [5, 5.41) is 18.7. The molecule has 1 atom stereocenters. The van der Waals surface area contributed by atoms with E-state index in [1.54, 1.807) is 11.8 Å². The van der Waals surface area contributed by atoms with Crippen LogP contribution in [0.25, 0.3) is 0 Å². The first-order valence-electron chi connectivity index (χ1n) is 6.98. The lowest BCUT2D eigenvalue weighted by atomic mass is 10.00. The van der Waals surface area contributed by atoms with Crippen molar-refractivity contribution in [3.8, 4) is 6.07 Å². The molecule has 3 rings (SSSR count). The molecule has 2 N–H and O–H groups in total. The van der Waals surface area contributed by atoms with Gasteiger partial charge in [-0.25, -0.2) is 0 Å². The van der Waals surface area contributed by atoms with Gasteiger partial charge in [-0.3, -0.25) is 0 Å². The van der Waals surface area contributed by atoms with Crippen LogP contribution in [0.1, 0.15) is 37.9 Å². The molecule has 6 heteroatoms. The van der Waals surface area contributed by atoms with Gasteiger partial charge in [-0.05, 0) is 31.6 Å². The second kappa shape index (κ2) is 5.14. The van der Waals surface area contributed by atoms with E-state index in [1.165, 1.54) is 19.3 Å². The Morgan fingerprint density at radius 2 is 2.21 bits per heavy atom. The number of nitrogens with zero attached hydrogens (tertiary/aromatic N) is 4. The van der Waals surface area contributed by atoms with Crippen LogP contribution >= 0.6 is 11.8 Å². The molecule has 19 heavy (non-hydrogen) atoms. The number of aromatic nitrogens is 3. The molecule has 2 aliphatic rings. The highest BCUT2D eigenvalue weighted by atomic mass is 32.2. The highest BCUT2D eigenvalue weighted by molar-refractivity contribution is 7.99. The van der Waals surface area contributed by atoms with E-state index in [9.17, 15) is 5.26 Å². The summed E-state index contributed by atoms with van der Waals surface area (Å²) < 4.78 is 2.21. The number of hydrogen-bond donors (Lipinski definition) is 1. The van der Waals surface area contributed by atoms with E-state index in [0.717, 1.165) is 36.8 Å². The smallest absolute Gasteiger partial charge is 0.191 e. The van der Waals surface area contributed by atoms with Gasteiger partial charge >= 0.3 is 0 Å². The topological polar surface area (TPSA) is 80.5 Å². The zero-order valence-corrected chi connectivity index (χ0v) is 11.8. The van der Waals surface area contributed by atoms with E-state index in [0.29, 0.717) is 11.7 Å². The molecule has 2 heterocycles. The van der Waals surface area contributed by atoms with Gasteiger partial charge in [0.05, 0.1) is 6.07 Å². The number of fused-ring (bicyclic) bond motifs is 1. The van der Waals surface area contributed by atoms with E-state index in [4.69, 9.17) is 5.73 Å². The molecule has 1 fully saturated rings. The lowest BCUT2D eigenvalue weighted by molar-refractivity contribution is 0.530. The minimum atomic E-state index is -0.693. The quantitative estimate of drug-likeness (QED) is 0.848. The summed E-state index contributed by atoms with van der Waals surface area (Å²) in [4.78, 5) is 0. The predicted octanol–water partition coefficient (Wildman–Crippen LogP) is 1.73. The molecule has 0 radical (unpaired) electrons. The third-order valence-electron chi connectivity index (χ3n) is 4.03. The van der Waals surface area contributed by atoms with Crippen molar-refractivity contribution in [1.29, 1.82) is 5.26 Å². The third kappa shape index (κ3) is 2.63.